The molecule has 0 radical (unpaired) electrons. The Balaban J connectivity index is 1.62. The fraction of sp³-hybridized carbons (Fsp3) is 0.222. The first-order valence-electron chi connectivity index (χ1n) is 7.17. The molecule has 3 heteroatoms. The van der Waals surface area contributed by atoms with Crippen molar-refractivity contribution in [1.29, 1.82) is 0 Å². The van der Waals surface area contributed by atoms with Crippen LogP contribution in [0.5, 0.6) is 0 Å². The van der Waals surface area contributed by atoms with Crippen LogP contribution in [0.15, 0.2) is 52.9 Å². The van der Waals surface area contributed by atoms with Crippen molar-refractivity contribution in [2.45, 2.75) is 19.9 Å². The van der Waals surface area contributed by atoms with Gasteiger partial charge in [-0.3, -0.25) is 0 Å². The zero-order chi connectivity index (χ0) is 14.7. The summed E-state index contributed by atoms with van der Waals surface area (Å²) in [5.41, 5.74) is 2.85. The zero-order valence-corrected chi connectivity index (χ0v) is 12.0. The van der Waals surface area contributed by atoms with E-state index in [-0.39, 0.29) is 5.82 Å². The molecule has 0 atom stereocenters. The summed E-state index contributed by atoms with van der Waals surface area (Å²) < 4.78 is 19.3. The van der Waals surface area contributed by atoms with Crippen LogP contribution in [0.25, 0.3) is 11.0 Å². The third-order valence-corrected chi connectivity index (χ3v) is 3.73. The molecule has 0 amide bonds. The van der Waals surface area contributed by atoms with Gasteiger partial charge in [-0.15, -0.1) is 0 Å². The highest BCUT2D eigenvalue weighted by atomic mass is 19.1. The van der Waals surface area contributed by atoms with Crippen molar-refractivity contribution in [2.75, 3.05) is 6.54 Å². The second-order valence-electron chi connectivity index (χ2n) is 5.15. The van der Waals surface area contributed by atoms with E-state index in [0.717, 1.165) is 35.4 Å². The van der Waals surface area contributed by atoms with E-state index >= 15 is 0 Å². The number of fused-ring (bicyclic) bond motifs is 1. The van der Waals surface area contributed by atoms with Gasteiger partial charge < -0.3 is 9.73 Å². The van der Waals surface area contributed by atoms with E-state index in [1.807, 2.05) is 37.3 Å². The molecule has 0 aliphatic carbocycles. The fourth-order valence-electron chi connectivity index (χ4n) is 2.58. The molecule has 0 unspecified atom stereocenters. The van der Waals surface area contributed by atoms with Crippen LogP contribution in [0.2, 0.25) is 0 Å². The average molecular weight is 283 g/mol. The van der Waals surface area contributed by atoms with Gasteiger partial charge in [-0.05, 0) is 37.6 Å². The Hall–Kier alpha value is -2.13. The third kappa shape index (κ3) is 2.98. The molecule has 3 rings (SSSR count). The molecule has 0 aliphatic heterocycles. The molecule has 3 aromatic rings. The number of hydrogen-bond donors (Lipinski definition) is 1. The van der Waals surface area contributed by atoms with Crippen molar-refractivity contribution >= 4 is 11.0 Å². The lowest BCUT2D eigenvalue weighted by molar-refractivity contribution is 0.563. The van der Waals surface area contributed by atoms with Gasteiger partial charge in [0.2, 0.25) is 0 Å². The minimum absolute atomic E-state index is 0.135. The molecule has 0 aliphatic rings. The van der Waals surface area contributed by atoms with E-state index in [9.17, 15) is 4.39 Å². The Labute approximate surface area is 123 Å². The van der Waals surface area contributed by atoms with Crippen molar-refractivity contribution in [3.63, 3.8) is 0 Å². The lowest BCUT2D eigenvalue weighted by atomic mass is 10.1. The molecule has 0 bridgehead atoms. The first kappa shape index (κ1) is 13.8. The Morgan fingerprint density at radius 3 is 2.67 bits per heavy atom. The second-order valence-corrected chi connectivity index (χ2v) is 5.15. The van der Waals surface area contributed by atoms with Crippen LogP contribution in [0.1, 0.15) is 16.9 Å². The summed E-state index contributed by atoms with van der Waals surface area (Å²) in [6, 6.07) is 14.9. The van der Waals surface area contributed by atoms with Gasteiger partial charge >= 0.3 is 0 Å². The quantitative estimate of drug-likeness (QED) is 0.709. The summed E-state index contributed by atoms with van der Waals surface area (Å²) in [5.74, 6) is 0.804. The Morgan fingerprint density at radius 1 is 1.05 bits per heavy atom. The molecule has 0 fully saturated rings. The maximum Gasteiger partial charge on any atom is 0.134 e. The van der Waals surface area contributed by atoms with Gasteiger partial charge in [0.25, 0.3) is 0 Å². The van der Waals surface area contributed by atoms with Crippen LogP contribution >= 0.6 is 0 Å². The number of para-hydroxylation sites is 1. The summed E-state index contributed by atoms with van der Waals surface area (Å²) in [6.45, 7) is 3.45. The molecule has 1 aromatic heterocycles. The number of hydrogen-bond acceptors (Lipinski definition) is 2. The first-order chi connectivity index (χ1) is 10.3. The van der Waals surface area contributed by atoms with Crippen LogP contribution in [-0.2, 0) is 13.0 Å². The standard InChI is InChI=1S/C18H18FNO/c1-13-16(15-7-3-5-9-18(15)21-13)12-20-11-10-14-6-2-4-8-17(14)19/h2-9,20H,10-12H2,1H3. The van der Waals surface area contributed by atoms with Gasteiger partial charge in [0.1, 0.15) is 17.2 Å². The fourth-order valence-corrected chi connectivity index (χ4v) is 2.58. The molecule has 108 valence electrons. The van der Waals surface area contributed by atoms with E-state index in [1.165, 1.54) is 11.6 Å². The molecular weight excluding hydrogens is 265 g/mol. The predicted octanol–water partition coefficient (Wildman–Crippen LogP) is 4.21. The van der Waals surface area contributed by atoms with E-state index in [2.05, 4.69) is 11.4 Å². The maximum atomic E-state index is 13.5. The van der Waals surface area contributed by atoms with Crippen molar-refractivity contribution in [3.8, 4) is 0 Å². The summed E-state index contributed by atoms with van der Waals surface area (Å²) in [5, 5.41) is 4.52. The van der Waals surface area contributed by atoms with E-state index < -0.39 is 0 Å². The van der Waals surface area contributed by atoms with Crippen LogP contribution < -0.4 is 5.32 Å². The topological polar surface area (TPSA) is 25.2 Å². The van der Waals surface area contributed by atoms with Crippen molar-refractivity contribution < 1.29 is 8.81 Å². The molecule has 0 saturated carbocycles. The van der Waals surface area contributed by atoms with Crippen molar-refractivity contribution in [1.82, 2.24) is 5.32 Å². The predicted molar refractivity (Wildman–Crippen MR) is 82.8 cm³/mol. The van der Waals surface area contributed by atoms with Gasteiger partial charge in [-0.25, -0.2) is 4.39 Å². The number of aryl methyl sites for hydroxylation is 1. The number of nitrogens with one attached hydrogen (secondary N) is 1. The smallest absolute Gasteiger partial charge is 0.134 e. The number of furan rings is 1. The number of rotatable bonds is 5. The highest BCUT2D eigenvalue weighted by molar-refractivity contribution is 5.82. The average Bonchev–Trinajstić information content (AvgIpc) is 2.81. The molecule has 0 saturated heterocycles. The third-order valence-electron chi connectivity index (χ3n) is 3.73. The molecular formula is C18H18FNO. The first-order valence-corrected chi connectivity index (χ1v) is 7.17. The highest BCUT2D eigenvalue weighted by Gasteiger charge is 2.09. The molecule has 0 spiro atoms. The SMILES string of the molecule is Cc1oc2ccccc2c1CNCCc1ccccc1F. The molecule has 2 nitrogen and oxygen atoms in total. The molecule has 1 N–H and O–H groups in total. The maximum absolute atomic E-state index is 13.5. The van der Waals surface area contributed by atoms with Crippen LogP contribution in [0.4, 0.5) is 4.39 Å². The van der Waals surface area contributed by atoms with E-state index in [1.54, 1.807) is 6.07 Å². The normalized spacial score (nSPS) is 11.1. The van der Waals surface area contributed by atoms with Crippen LogP contribution in [0.3, 0.4) is 0 Å². The van der Waals surface area contributed by atoms with Crippen LogP contribution in [-0.4, -0.2) is 6.54 Å². The van der Waals surface area contributed by atoms with E-state index in [4.69, 9.17) is 4.42 Å². The summed E-state index contributed by atoms with van der Waals surface area (Å²) >= 11 is 0. The van der Waals surface area contributed by atoms with Gasteiger partial charge in [-0.2, -0.15) is 0 Å². The second kappa shape index (κ2) is 6.10. The van der Waals surface area contributed by atoms with E-state index in [0.29, 0.717) is 6.42 Å². The lowest BCUT2D eigenvalue weighted by Gasteiger charge is -2.05. The molecule has 21 heavy (non-hydrogen) atoms. The number of halogens is 1. The summed E-state index contributed by atoms with van der Waals surface area (Å²) in [6.07, 6.45) is 0.682. The zero-order valence-electron chi connectivity index (χ0n) is 12.0. The van der Waals surface area contributed by atoms with Gasteiger partial charge in [-0.1, -0.05) is 36.4 Å². The Kier molecular flexibility index (Phi) is 4.02. The van der Waals surface area contributed by atoms with Crippen molar-refractivity contribution in [2.24, 2.45) is 0 Å². The van der Waals surface area contributed by atoms with Gasteiger partial charge in [0.15, 0.2) is 0 Å². The number of benzene rings is 2. The molecule has 2 aromatic carbocycles. The largest absolute Gasteiger partial charge is 0.461 e. The van der Waals surface area contributed by atoms with Crippen molar-refractivity contribution in [3.05, 3.63) is 71.2 Å². The highest BCUT2D eigenvalue weighted by Crippen LogP contribution is 2.24. The molecule has 1 heterocycles. The van der Waals surface area contributed by atoms with Crippen LogP contribution in [0, 0.1) is 12.7 Å². The lowest BCUT2D eigenvalue weighted by Crippen LogP contribution is -2.17. The minimum atomic E-state index is -0.135. The minimum Gasteiger partial charge on any atom is -0.461 e. The summed E-state index contributed by atoms with van der Waals surface area (Å²) in [4.78, 5) is 0. The summed E-state index contributed by atoms with van der Waals surface area (Å²) in [7, 11) is 0. The van der Waals surface area contributed by atoms with Gasteiger partial charge in [0, 0.05) is 17.5 Å². The Bertz CT molecular complexity index is 748. The van der Waals surface area contributed by atoms with Gasteiger partial charge in [0.05, 0.1) is 0 Å². The monoisotopic (exact) mass is 283 g/mol. The Morgan fingerprint density at radius 2 is 1.81 bits per heavy atom.